The molecule has 2 aromatic heterocycles. The van der Waals surface area contributed by atoms with Crippen LogP contribution in [0, 0.1) is 0 Å². The van der Waals surface area contributed by atoms with Gasteiger partial charge in [-0.15, -0.1) is 10.2 Å². The Morgan fingerprint density at radius 2 is 2.23 bits per heavy atom. The Bertz CT molecular complexity index is 422. The van der Waals surface area contributed by atoms with Gasteiger partial charge in [0.15, 0.2) is 5.65 Å². The van der Waals surface area contributed by atoms with Crippen LogP contribution in [0.1, 0.15) is 19.2 Å². The maximum atomic E-state index is 6.02. The van der Waals surface area contributed by atoms with E-state index in [-0.39, 0.29) is 0 Å². The summed E-state index contributed by atoms with van der Waals surface area (Å²) in [5.74, 6) is 0.933. The number of rotatable bonds is 2. The summed E-state index contributed by atoms with van der Waals surface area (Å²) in [6.45, 7) is 2.11. The largest absolute Gasteiger partial charge is 0.269 e. The van der Waals surface area contributed by atoms with Gasteiger partial charge in [-0.1, -0.05) is 24.6 Å². The van der Waals surface area contributed by atoms with Gasteiger partial charge in [0.1, 0.15) is 11.0 Å². The van der Waals surface area contributed by atoms with Crippen LogP contribution in [-0.4, -0.2) is 14.6 Å². The van der Waals surface area contributed by atoms with E-state index in [9.17, 15) is 0 Å². The SMILES string of the molecule is CCCc1nnc2cccc(Cl)n12. The lowest BCUT2D eigenvalue weighted by atomic mass is 10.3. The number of aryl methyl sites for hydroxylation is 1. The molecule has 2 rings (SSSR count). The van der Waals surface area contributed by atoms with Crippen LogP contribution in [0.4, 0.5) is 0 Å². The van der Waals surface area contributed by atoms with Crippen LogP contribution in [0.5, 0.6) is 0 Å². The first-order chi connectivity index (χ1) is 6.33. The van der Waals surface area contributed by atoms with Crippen molar-refractivity contribution in [3.05, 3.63) is 29.2 Å². The third-order valence-corrected chi connectivity index (χ3v) is 2.22. The zero-order valence-electron chi connectivity index (χ0n) is 7.37. The standard InChI is InChI=1S/C9H10ClN3/c1-2-4-8-11-12-9-6-3-5-7(10)13(8)9/h3,5-6H,2,4H2,1H3. The molecule has 0 aliphatic heterocycles. The molecule has 0 bridgehead atoms. The third kappa shape index (κ3) is 1.40. The molecule has 2 heterocycles. The average Bonchev–Trinajstić information content (AvgIpc) is 2.51. The first kappa shape index (κ1) is 8.51. The predicted molar refractivity (Wildman–Crippen MR) is 52.0 cm³/mol. The Balaban J connectivity index is 2.64. The van der Waals surface area contributed by atoms with Gasteiger partial charge in [0.25, 0.3) is 0 Å². The van der Waals surface area contributed by atoms with Gasteiger partial charge in [-0.25, -0.2) is 0 Å². The van der Waals surface area contributed by atoms with Crippen molar-refractivity contribution in [2.24, 2.45) is 0 Å². The summed E-state index contributed by atoms with van der Waals surface area (Å²) in [6, 6.07) is 5.62. The lowest BCUT2D eigenvalue weighted by Crippen LogP contribution is -1.94. The van der Waals surface area contributed by atoms with Gasteiger partial charge in [-0.05, 0) is 18.6 Å². The minimum Gasteiger partial charge on any atom is -0.269 e. The second kappa shape index (κ2) is 3.34. The summed E-state index contributed by atoms with van der Waals surface area (Å²) >= 11 is 6.02. The van der Waals surface area contributed by atoms with Gasteiger partial charge in [0.05, 0.1) is 0 Å². The lowest BCUT2D eigenvalue weighted by molar-refractivity contribution is 0.818. The van der Waals surface area contributed by atoms with Crippen LogP contribution in [0.3, 0.4) is 0 Å². The molecule has 2 aromatic rings. The number of halogens is 1. The van der Waals surface area contributed by atoms with E-state index >= 15 is 0 Å². The van der Waals surface area contributed by atoms with Gasteiger partial charge < -0.3 is 0 Å². The zero-order chi connectivity index (χ0) is 9.26. The van der Waals surface area contributed by atoms with E-state index in [1.54, 1.807) is 0 Å². The Morgan fingerprint density at radius 3 is 3.00 bits per heavy atom. The third-order valence-electron chi connectivity index (χ3n) is 1.92. The van der Waals surface area contributed by atoms with Crippen molar-refractivity contribution in [3.63, 3.8) is 0 Å². The molecule has 0 amide bonds. The average molecular weight is 196 g/mol. The summed E-state index contributed by atoms with van der Waals surface area (Å²) < 4.78 is 1.88. The molecule has 0 aliphatic carbocycles. The second-order valence-electron chi connectivity index (χ2n) is 2.91. The van der Waals surface area contributed by atoms with Gasteiger partial charge >= 0.3 is 0 Å². The highest BCUT2D eigenvalue weighted by Crippen LogP contribution is 2.13. The second-order valence-corrected chi connectivity index (χ2v) is 3.30. The van der Waals surface area contributed by atoms with Crippen molar-refractivity contribution in [2.75, 3.05) is 0 Å². The monoisotopic (exact) mass is 195 g/mol. The molecule has 0 radical (unpaired) electrons. The van der Waals surface area contributed by atoms with E-state index in [4.69, 9.17) is 11.6 Å². The molecule has 3 nitrogen and oxygen atoms in total. The van der Waals surface area contributed by atoms with Gasteiger partial charge in [0.2, 0.25) is 0 Å². The summed E-state index contributed by atoms with van der Waals surface area (Å²) in [7, 11) is 0. The quantitative estimate of drug-likeness (QED) is 0.689. The van der Waals surface area contributed by atoms with Crippen LogP contribution in [0.25, 0.3) is 5.65 Å². The normalized spacial score (nSPS) is 10.9. The van der Waals surface area contributed by atoms with Crippen molar-refractivity contribution < 1.29 is 0 Å². The van der Waals surface area contributed by atoms with E-state index in [2.05, 4.69) is 17.1 Å². The fraction of sp³-hybridized carbons (Fsp3) is 0.333. The van der Waals surface area contributed by atoms with E-state index in [1.807, 2.05) is 22.6 Å². The van der Waals surface area contributed by atoms with Crippen molar-refractivity contribution in [1.82, 2.24) is 14.6 Å². The molecule has 13 heavy (non-hydrogen) atoms. The van der Waals surface area contributed by atoms with Crippen LogP contribution in [0.2, 0.25) is 5.15 Å². The molecule has 68 valence electrons. The number of nitrogens with zero attached hydrogens (tertiary/aromatic N) is 3. The van der Waals surface area contributed by atoms with Gasteiger partial charge in [-0.3, -0.25) is 4.40 Å². The molecule has 0 aliphatic rings. The smallest absolute Gasteiger partial charge is 0.161 e. The molecular weight excluding hydrogens is 186 g/mol. The highest BCUT2D eigenvalue weighted by Gasteiger charge is 2.05. The molecule has 0 aromatic carbocycles. The first-order valence-electron chi connectivity index (χ1n) is 4.31. The molecular formula is C9H10ClN3. The van der Waals surface area contributed by atoms with Crippen LogP contribution >= 0.6 is 11.6 Å². The Morgan fingerprint density at radius 1 is 1.38 bits per heavy atom. The summed E-state index contributed by atoms with van der Waals surface area (Å²) in [5, 5.41) is 8.77. The lowest BCUT2D eigenvalue weighted by Gasteiger charge is -1.99. The molecule has 0 N–H and O–H groups in total. The Labute approximate surface area is 81.4 Å². The zero-order valence-corrected chi connectivity index (χ0v) is 8.12. The van der Waals surface area contributed by atoms with Crippen molar-refractivity contribution in [3.8, 4) is 0 Å². The fourth-order valence-corrected chi connectivity index (χ4v) is 1.60. The molecule has 0 spiro atoms. The van der Waals surface area contributed by atoms with E-state index in [1.165, 1.54) is 0 Å². The topological polar surface area (TPSA) is 30.2 Å². The molecule has 0 atom stereocenters. The van der Waals surface area contributed by atoms with Crippen molar-refractivity contribution in [1.29, 1.82) is 0 Å². The summed E-state index contributed by atoms with van der Waals surface area (Å²) in [6.07, 6.45) is 1.96. The number of hydrogen-bond donors (Lipinski definition) is 0. The van der Waals surface area contributed by atoms with Crippen LogP contribution < -0.4 is 0 Å². The highest BCUT2D eigenvalue weighted by molar-refractivity contribution is 6.29. The van der Waals surface area contributed by atoms with E-state index < -0.39 is 0 Å². The molecule has 0 saturated carbocycles. The minimum atomic E-state index is 0.672. The van der Waals surface area contributed by atoms with Crippen LogP contribution in [-0.2, 0) is 6.42 Å². The number of hydrogen-bond acceptors (Lipinski definition) is 2. The van der Waals surface area contributed by atoms with E-state index in [0.717, 1.165) is 24.3 Å². The molecule has 0 saturated heterocycles. The Kier molecular flexibility index (Phi) is 2.19. The maximum absolute atomic E-state index is 6.02. The maximum Gasteiger partial charge on any atom is 0.161 e. The molecule has 0 fully saturated rings. The highest BCUT2D eigenvalue weighted by atomic mass is 35.5. The van der Waals surface area contributed by atoms with Gasteiger partial charge in [0, 0.05) is 6.42 Å². The van der Waals surface area contributed by atoms with Gasteiger partial charge in [-0.2, -0.15) is 0 Å². The van der Waals surface area contributed by atoms with Crippen molar-refractivity contribution in [2.45, 2.75) is 19.8 Å². The number of fused-ring (bicyclic) bond motifs is 1. The van der Waals surface area contributed by atoms with Crippen LogP contribution in [0.15, 0.2) is 18.2 Å². The molecule has 4 heteroatoms. The number of aromatic nitrogens is 3. The first-order valence-corrected chi connectivity index (χ1v) is 4.69. The fourth-order valence-electron chi connectivity index (χ4n) is 1.34. The van der Waals surface area contributed by atoms with Crippen molar-refractivity contribution >= 4 is 17.2 Å². The summed E-state index contributed by atoms with van der Waals surface area (Å²) in [4.78, 5) is 0. The minimum absolute atomic E-state index is 0.672. The molecule has 0 unspecified atom stereocenters. The number of pyridine rings is 1. The predicted octanol–water partition coefficient (Wildman–Crippen LogP) is 2.34. The van der Waals surface area contributed by atoms with E-state index in [0.29, 0.717) is 5.15 Å². The Hall–Kier alpha value is -1.09. The summed E-state index contributed by atoms with van der Waals surface area (Å²) in [5.41, 5.74) is 0.816.